The number of allylic oxidation sites excluding steroid dienone is 2. The predicted molar refractivity (Wildman–Crippen MR) is 42.4 cm³/mol. The van der Waals surface area contributed by atoms with Crippen molar-refractivity contribution in [1.82, 2.24) is 0 Å². The lowest BCUT2D eigenvalue weighted by Crippen LogP contribution is -2.29. The Labute approximate surface area is 70.7 Å². The molecule has 0 heterocycles. The molecule has 2 aliphatic carbocycles. The highest BCUT2D eigenvalue weighted by atomic mass is 16.4. The molecule has 66 valence electrons. The Morgan fingerprint density at radius 2 is 2.08 bits per heavy atom. The van der Waals surface area contributed by atoms with Gasteiger partial charge >= 0.3 is 5.97 Å². The summed E-state index contributed by atoms with van der Waals surface area (Å²) < 4.78 is 0. The maximum atomic E-state index is 10.8. The van der Waals surface area contributed by atoms with E-state index in [-0.39, 0.29) is 24.4 Å². The van der Waals surface area contributed by atoms with Gasteiger partial charge in [-0.2, -0.15) is 0 Å². The lowest BCUT2D eigenvalue weighted by molar-refractivity contribution is -0.144. The van der Waals surface area contributed by atoms with Crippen LogP contribution < -0.4 is 0 Å². The molecule has 1 fully saturated rings. The third-order valence-electron chi connectivity index (χ3n) is 3.12. The number of aliphatic hydroxyl groups excluding tert-OH is 1. The van der Waals surface area contributed by atoms with Crippen LogP contribution in [0.3, 0.4) is 0 Å². The number of hydrogen-bond donors (Lipinski definition) is 2. The third-order valence-corrected chi connectivity index (χ3v) is 3.12. The van der Waals surface area contributed by atoms with Crippen LogP contribution in [0, 0.1) is 23.7 Å². The molecule has 1 saturated carbocycles. The maximum absolute atomic E-state index is 10.8. The highest BCUT2D eigenvalue weighted by Crippen LogP contribution is 2.47. The monoisotopic (exact) mass is 168 g/mol. The standard InChI is InChI=1S/C9H12O3/c10-4-7-5-1-2-6(3-5)8(7)9(11)12/h1-2,5-8,10H,3-4H2,(H,11,12). The molecule has 2 aliphatic rings. The van der Waals surface area contributed by atoms with E-state index in [4.69, 9.17) is 10.2 Å². The molecule has 4 atom stereocenters. The molecule has 4 unspecified atom stereocenters. The van der Waals surface area contributed by atoms with Crippen LogP contribution >= 0.6 is 0 Å². The second-order valence-corrected chi connectivity index (χ2v) is 3.66. The van der Waals surface area contributed by atoms with Crippen molar-refractivity contribution in [1.29, 1.82) is 0 Å². The van der Waals surface area contributed by atoms with Crippen LogP contribution in [-0.4, -0.2) is 22.8 Å². The van der Waals surface area contributed by atoms with Crippen molar-refractivity contribution < 1.29 is 15.0 Å². The smallest absolute Gasteiger partial charge is 0.307 e. The second-order valence-electron chi connectivity index (χ2n) is 3.66. The van der Waals surface area contributed by atoms with Gasteiger partial charge in [-0.3, -0.25) is 4.79 Å². The van der Waals surface area contributed by atoms with Gasteiger partial charge in [-0.1, -0.05) is 12.2 Å². The number of rotatable bonds is 2. The Morgan fingerprint density at radius 1 is 1.42 bits per heavy atom. The van der Waals surface area contributed by atoms with E-state index >= 15 is 0 Å². The second kappa shape index (κ2) is 2.59. The van der Waals surface area contributed by atoms with Gasteiger partial charge in [0.2, 0.25) is 0 Å². The highest BCUT2D eigenvalue weighted by Gasteiger charge is 2.47. The largest absolute Gasteiger partial charge is 0.481 e. The molecule has 0 spiro atoms. The number of carboxylic acid groups (broad SMARTS) is 1. The van der Waals surface area contributed by atoms with E-state index in [1.807, 2.05) is 12.2 Å². The summed E-state index contributed by atoms with van der Waals surface area (Å²) in [7, 11) is 0. The Morgan fingerprint density at radius 3 is 2.58 bits per heavy atom. The summed E-state index contributed by atoms with van der Waals surface area (Å²) in [5, 5.41) is 17.9. The molecule has 0 aromatic carbocycles. The molecule has 0 radical (unpaired) electrons. The fraction of sp³-hybridized carbons (Fsp3) is 0.667. The molecule has 0 saturated heterocycles. The molecule has 3 heteroatoms. The summed E-state index contributed by atoms with van der Waals surface area (Å²) in [4.78, 5) is 10.8. The summed E-state index contributed by atoms with van der Waals surface area (Å²) in [6.45, 7) is 0.00245. The van der Waals surface area contributed by atoms with E-state index in [9.17, 15) is 4.79 Å². The third kappa shape index (κ3) is 0.894. The zero-order valence-electron chi connectivity index (χ0n) is 6.68. The van der Waals surface area contributed by atoms with Crippen molar-refractivity contribution in [2.75, 3.05) is 6.61 Å². The summed E-state index contributed by atoms with van der Waals surface area (Å²) in [5.41, 5.74) is 0. The summed E-state index contributed by atoms with van der Waals surface area (Å²) in [5.74, 6) is -0.667. The molecule has 2 rings (SSSR count). The normalized spacial score (nSPS) is 43.8. The fourth-order valence-electron chi connectivity index (χ4n) is 2.54. The van der Waals surface area contributed by atoms with Crippen molar-refractivity contribution >= 4 is 5.97 Å². The van der Waals surface area contributed by atoms with Gasteiger partial charge in [0.1, 0.15) is 0 Å². The number of aliphatic carboxylic acids is 1. The number of fused-ring (bicyclic) bond motifs is 2. The lowest BCUT2D eigenvalue weighted by atomic mass is 9.84. The van der Waals surface area contributed by atoms with Crippen LogP contribution in [0.1, 0.15) is 6.42 Å². The van der Waals surface area contributed by atoms with Crippen molar-refractivity contribution in [3.63, 3.8) is 0 Å². The topological polar surface area (TPSA) is 57.5 Å². The average molecular weight is 168 g/mol. The first-order chi connectivity index (χ1) is 5.74. The van der Waals surface area contributed by atoms with E-state index in [0.29, 0.717) is 5.92 Å². The van der Waals surface area contributed by atoms with Crippen LogP contribution in [0.25, 0.3) is 0 Å². The summed E-state index contributed by atoms with van der Waals surface area (Å²) >= 11 is 0. The van der Waals surface area contributed by atoms with Crippen LogP contribution in [0.5, 0.6) is 0 Å². The maximum Gasteiger partial charge on any atom is 0.307 e. The summed E-state index contributed by atoms with van der Waals surface area (Å²) in [6, 6.07) is 0. The molecule has 0 aromatic rings. The van der Waals surface area contributed by atoms with Gasteiger partial charge in [0.05, 0.1) is 5.92 Å². The molecule has 3 nitrogen and oxygen atoms in total. The van der Waals surface area contributed by atoms with Gasteiger partial charge in [-0.25, -0.2) is 0 Å². The quantitative estimate of drug-likeness (QED) is 0.590. The van der Waals surface area contributed by atoms with E-state index < -0.39 is 5.97 Å². The molecular weight excluding hydrogens is 156 g/mol. The van der Waals surface area contributed by atoms with Crippen LogP contribution in [0.4, 0.5) is 0 Å². The van der Waals surface area contributed by atoms with Gasteiger partial charge in [0.25, 0.3) is 0 Å². The Balaban J connectivity index is 2.23. The van der Waals surface area contributed by atoms with Crippen molar-refractivity contribution in [2.24, 2.45) is 23.7 Å². The van der Waals surface area contributed by atoms with Crippen molar-refractivity contribution in [3.8, 4) is 0 Å². The Kier molecular flexibility index (Phi) is 1.68. The molecule has 12 heavy (non-hydrogen) atoms. The summed E-state index contributed by atoms with van der Waals surface area (Å²) in [6.07, 6.45) is 4.95. The molecule has 2 bridgehead atoms. The SMILES string of the molecule is O=C(O)C1C2C=CC(C2)C1CO. The van der Waals surface area contributed by atoms with Crippen molar-refractivity contribution in [2.45, 2.75) is 6.42 Å². The number of carbonyl (C=O) groups is 1. The van der Waals surface area contributed by atoms with Crippen molar-refractivity contribution in [3.05, 3.63) is 12.2 Å². The van der Waals surface area contributed by atoms with Gasteiger partial charge in [-0.05, 0) is 18.3 Å². The van der Waals surface area contributed by atoms with Gasteiger partial charge in [0, 0.05) is 12.5 Å². The minimum atomic E-state index is -0.758. The lowest BCUT2D eigenvalue weighted by Gasteiger charge is -2.22. The first-order valence-corrected chi connectivity index (χ1v) is 4.26. The van der Waals surface area contributed by atoms with Gasteiger partial charge in [-0.15, -0.1) is 0 Å². The zero-order valence-corrected chi connectivity index (χ0v) is 6.68. The highest BCUT2D eigenvalue weighted by molar-refractivity contribution is 5.72. The average Bonchev–Trinajstić information content (AvgIpc) is 2.60. The van der Waals surface area contributed by atoms with Crippen LogP contribution in [-0.2, 0) is 4.79 Å². The Hall–Kier alpha value is -0.830. The molecule has 0 aromatic heterocycles. The molecule has 2 N–H and O–H groups in total. The fourth-order valence-corrected chi connectivity index (χ4v) is 2.54. The van der Waals surface area contributed by atoms with E-state index in [0.717, 1.165) is 6.42 Å². The first-order valence-electron chi connectivity index (χ1n) is 4.26. The Bertz CT molecular complexity index is 234. The minimum absolute atomic E-state index is 0.00245. The number of carboxylic acids is 1. The van der Waals surface area contributed by atoms with Gasteiger partial charge < -0.3 is 10.2 Å². The number of hydrogen-bond acceptors (Lipinski definition) is 2. The van der Waals surface area contributed by atoms with E-state index in [1.165, 1.54) is 0 Å². The van der Waals surface area contributed by atoms with E-state index in [1.54, 1.807) is 0 Å². The molecule has 0 aliphatic heterocycles. The number of aliphatic hydroxyl groups is 1. The minimum Gasteiger partial charge on any atom is -0.481 e. The predicted octanol–water partition coefficient (Wildman–Crippen LogP) is 0.502. The van der Waals surface area contributed by atoms with E-state index in [2.05, 4.69) is 0 Å². The molecule has 0 amide bonds. The van der Waals surface area contributed by atoms with Gasteiger partial charge in [0.15, 0.2) is 0 Å². The first kappa shape index (κ1) is 7.80. The van der Waals surface area contributed by atoms with Crippen LogP contribution in [0.2, 0.25) is 0 Å². The zero-order chi connectivity index (χ0) is 8.72. The molecular formula is C9H12O3. The van der Waals surface area contributed by atoms with Crippen LogP contribution in [0.15, 0.2) is 12.2 Å².